The Morgan fingerprint density at radius 3 is 2.74 bits per heavy atom. The van der Waals surface area contributed by atoms with E-state index in [4.69, 9.17) is 4.74 Å². The first-order valence-electron chi connectivity index (χ1n) is 7.51. The fourth-order valence-electron chi connectivity index (χ4n) is 2.73. The summed E-state index contributed by atoms with van der Waals surface area (Å²) in [4.78, 5) is 30.8. The van der Waals surface area contributed by atoms with Gasteiger partial charge in [0.15, 0.2) is 0 Å². The summed E-state index contributed by atoms with van der Waals surface area (Å²) in [7, 11) is 0. The van der Waals surface area contributed by atoms with E-state index in [-0.39, 0.29) is 24.4 Å². The molecule has 0 N–H and O–H groups in total. The lowest BCUT2D eigenvalue weighted by Gasteiger charge is -2.16. The minimum atomic E-state index is -0.348. The van der Waals surface area contributed by atoms with Gasteiger partial charge in [-0.1, -0.05) is 18.2 Å². The number of rotatable bonds is 4. The van der Waals surface area contributed by atoms with Gasteiger partial charge in [-0.15, -0.1) is 11.3 Å². The second-order valence-corrected chi connectivity index (χ2v) is 6.86. The van der Waals surface area contributed by atoms with Crippen molar-refractivity contribution in [1.29, 1.82) is 0 Å². The zero-order valence-corrected chi connectivity index (χ0v) is 13.9. The molecule has 0 spiro atoms. The second-order valence-electron chi connectivity index (χ2n) is 5.66. The van der Waals surface area contributed by atoms with Crippen molar-refractivity contribution >= 4 is 28.9 Å². The molecule has 1 aliphatic heterocycles. The van der Waals surface area contributed by atoms with Crippen LogP contribution in [0.3, 0.4) is 0 Å². The van der Waals surface area contributed by atoms with Crippen molar-refractivity contribution in [3.8, 4) is 0 Å². The van der Waals surface area contributed by atoms with Crippen LogP contribution in [0.4, 0.5) is 5.69 Å². The van der Waals surface area contributed by atoms with Crippen LogP contribution in [0.1, 0.15) is 26.8 Å². The topological polar surface area (TPSA) is 59.5 Å². The number of benzene rings is 1. The lowest BCUT2D eigenvalue weighted by atomic mass is 10.1. The van der Waals surface area contributed by atoms with E-state index in [1.807, 2.05) is 37.3 Å². The molecule has 2 heterocycles. The largest absolute Gasteiger partial charge is 0.461 e. The van der Waals surface area contributed by atoms with Gasteiger partial charge in [0.05, 0.1) is 17.3 Å². The van der Waals surface area contributed by atoms with E-state index in [9.17, 15) is 9.59 Å². The lowest BCUT2D eigenvalue weighted by Crippen LogP contribution is -2.25. The predicted octanol–water partition coefficient (Wildman–Crippen LogP) is 2.97. The zero-order valence-electron chi connectivity index (χ0n) is 13.1. The van der Waals surface area contributed by atoms with Gasteiger partial charge >= 0.3 is 5.97 Å². The molecule has 0 unspecified atom stereocenters. The predicted molar refractivity (Wildman–Crippen MR) is 88.8 cm³/mol. The van der Waals surface area contributed by atoms with Crippen LogP contribution >= 0.6 is 11.3 Å². The quantitative estimate of drug-likeness (QED) is 0.809. The summed E-state index contributed by atoms with van der Waals surface area (Å²) < 4.78 is 5.39. The van der Waals surface area contributed by atoms with Gasteiger partial charge in [0, 0.05) is 24.6 Å². The van der Waals surface area contributed by atoms with Crippen molar-refractivity contribution < 1.29 is 14.3 Å². The minimum Gasteiger partial charge on any atom is -0.461 e. The highest BCUT2D eigenvalue weighted by Crippen LogP contribution is 2.25. The number of nitrogens with zero attached hydrogens (tertiary/aromatic N) is 2. The maximum atomic E-state index is 12.1. The van der Waals surface area contributed by atoms with Crippen molar-refractivity contribution in [2.75, 3.05) is 18.1 Å². The minimum absolute atomic E-state index is 0.0287. The van der Waals surface area contributed by atoms with Crippen LogP contribution in [0.2, 0.25) is 0 Å². The Kier molecular flexibility index (Phi) is 4.43. The molecule has 1 atom stereocenters. The van der Waals surface area contributed by atoms with Crippen LogP contribution in [0.25, 0.3) is 0 Å². The molecule has 0 radical (unpaired) electrons. The first kappa shape index (κ1) is 15.7. The van der Waals surface area contributed by atoms with E-state index in [0.717, 1.165) is 10.7 Å². The molecule has 1 aromatic heterocycles. The molecule has 23 heavy (non-hydrogen) atoms. The van der Waals surface area contributed by atoms with Gasteiger partial charge < -0.3 is 9.64 Å². The van der Waals surface area contributed by atoms with Crippen molar-refractivity contribution in [2.24, 2.45) is 5.92 Å². The van der Waals surface area contributed by atoms with E-state index in [0.29, 0.717) is 23.5 Å². The average Bonchev–Trinajstić information content (AvgIpc) is 3.08. The standard InChI is InChI=1S/C17H18N2O3S/c1-11-16(23-12(2)18-11)17(21)22-10-13-8-15(20)19(9-13)14-6-4-3-5-7-14/h3-7,13H,8-10H2,1-2H3/t13-/m0/s1. The third-order valence-corrected chi connectivity index (χ3v) is 4.86. The molecule has 5 nitrogen and oxygen atoms in total. The Balaban J connectivity index is 1.59. The maximum absolute atomic E-state index is 12.1. The summed E-state index contributed by atoms with van der Waals surface area (Å²) in [6.45, 7) is 4.50. The number of thiazole rings is 1. The number of ether oxygens (including phenoxy) is 1. The second kappa shape index (κ2) is 6.50. The molecule has 6 heteroatoms. The van der Waals surface area contributed by atoms with Crippen molar-refractivity contribution in [3.05, 3.63) is 45.9 Å². The molecular weight excluding hydrogens is 312 g/mol. The van der Waals surface area contributed by atoms with Gasteiger partial charge in [0.25, 0.3) is 0 Å². The monoisotopic (exact) mass is 330 g/mol. The molecule has 1 amide bonds. The lowest BCUT2D eigenvalue weighted by molar-refractivity contribution is -0.117. The first-order chi connectivity index (χ1) is 11.0. The number of aromatic nitrogens is 1. The van der Waals surface area contributed by atoms with Crippen LogP contribution in [0.5, 0.6) is 0 Å². The third kappa shape index (κ3) is 3.42. The Bertz CT molecular complexity index is 727. The number of para-hydroxylation sites is 1. The van der Waals surface area contributed by atoms with E-state index in [1.165, 1.54) is 11.3 Å². The van der Waals surface area contributed by atoms with E-state index in [1.54, 1.807) is 11.8 Å². The zero-order chi connectivity index (χ0) is 16.4. The molecule has 1 aromatic carbocycles. The molecule has 120 valence electrons. The van der Waals surface area contributed by atoms with E-state index < -0.39 is 0 Å². The number of hydrogen-bond donors (Lipinski definition) is 0. The van der Waals surface area contributed by atoms with Crippen molar-refractivity contribution in [3.63, 3.8) is 0 Å². The highest BCUT2D eigenvalue weighted by molar-refractivity contribution is 7.13. The van der Waals surface area contributed by atoms with Gasteiger partial charge in [0.1, 0.15) is 4.88 Å². The summed E-state index contributed by atoms with van der Waals surface area (Å²) in [6, 6.07) is 9.56. The molecule has 0 aliphatic carbocycles. The summed E-state index contributed by atoms with van der Waals surface area (Å²) >= 11 is 1.34. The SMILES string of the molecule is Cc1nc(C)c(C(=O)OC[C@H]2CC(=O)N(c3ccccc3)C2)s1. The van der Waals surface area contributed by atoms with Crippen LogP contribution in [-0.4, -0.2) is 30.0 Å². The van der Waals surface area contributed by atoms with E-state index in [2.05, 4.69) is 4.98 Å². The summed E-state index contributed by atoms with van der Waals surface area (Å²) in [5.41, 5.74) is 1.59. The Hall–Kier alpha value is -2.21. The van der Waals surface area contributed by atoms with Gasteiger partial charge in [-0.05, 0) is 26.0 Å². The number of hydrogen-bond acceptors (Lipinski definition) is 5. The smallest absolute Gasteiger partial charge is 0.350 e. The van der Waals surface area contributed by atoms with Crippen molar-refractivity contribution in [2.45, 2.75) is 20.3 Å². The highest BCUT2D eigenvalue weighted by atomic mass is 32.1. The molecule has 2 aromatic rings. The normalized spacial score (nSPS) is 17.6. The third-order valence-electron chi connectivity index (χ3n) is 3.81. The fourth-order valence-corrected chi connectivity index (χ4v) is 3.54. The summed E-state index contributed by atoms with van der Waals surface area (Å²) in [5, 5.41) is 0.848. The molecule has 0 bridgehead atoms. The molecular formula is C17H18N2O3S. The molecule has 1 saturated heterocycles. The molecule has 3 rings (SSSR count). The number of amides is 1. The van der Waals surface area contributed by atoms with Crippen LogP contribution in [-0.2, 0) is 9.53 Å². The number of aryl methyl sites for hydroxylation is 2. The van der Waals surface area contributed by atoms with Crippen LogP contribution in [0, 0.1) is 19.8 Å². The molecule has 0 saturated carbocycles. The summed E-state index contributed by atoms with van der Waals surface area (Å²) in [6.07, 6.45) is 0.406. The van der Waals surface area contributed by atoms with Crippen LogP contribution in [0.15, 0.2) is 30.3 Å². The van der Waals surface area contributed by atoms with Gasteiger partial charge in [-0.3, -0.25) is 4.79 Å². The number of carbonyl (C=O) groups excluding carboxylic acids is 2. The maximum Gasteiger partial charge on any atom is 0.350 e. The van der Waals surface area contributed by atoms with Gasteiger partial charge in [-0.25, -0.2) is 9.78 Å². The van der Waals surface area contributed by atoms with Crippen LogP contribution < -0.4 is 4.90 Å². The van der Waals surface area contributed by atoms with Crippen molar-refractivity contribution in [1.82, 2.24) is 4.98 Å². The first-order valence-corrected chi connectivity index (χ1v) is 8.33. The summed E-state index contributed by atoms with van der Waals surface area (Å²) in [5.74, 6) is -0.248. The van der Waals surface area contributed by atoms with Gasteiger partial charge in [0.2, 0.25) is 5.91 Å². The molecule has 1 fully saturated rings. The molecule has 1 aliphatic rings. The Labute approximate surface area is 138 Å². The van der Waals surface area contributed by atoms with Gasteiger partial charge in [-0.2, -0.15) is 0 Å². The number of esters is 1. The van der Waals surface area contributed by atoms with E-state index >= 15 is 0 Å². The Morgan fingerprint density at radius 2 is 2.09 bits per heavy atom. The highest BCUT2D eigenvalue weighted by Gasteiger charge is 2.31. The number of carbonyl (C=O) groups is 2. The Morgan fingerprint density at radius 1 is 1.35 bits per heavy atom. The fraction of sp³-hybridized carbons (Fsp3) is 0.353. The average molecular weight is 330 g/mol. The number of anilines is 1.